The number of nitrogens with one attached hydrogen (secondary N) is 1. The lowest BCUT2D eigenvalue weighted by Gasteiger charge is -2.17. The van der Waals surface area contributed by atoms with Gasteiger partial charge in [-0.25, -0.2) is 4.39 Å². The van der Waals surface area contributed by atoms with E-state index in [-0.39, 0.29) is 11.9 Å². The smallest absolute Gasteiger partial charge is 0.127 e. The normalized spacial score (nSPS) is 22.4. The zero-order valence-corrected chi connectivity index (χ0v) is 9.22. The highest BCUT2D eigenvalue weighted by Crippen LogP contribution is 2.25. The van der Waals surface area contributed by atoms with Crippen LogP contribution in [0, 0.1) is 12.7 Å². The summed E-state index contributed by atoms with van der Waals surface area (Å²) in [7, 11) is 0. The molecule has 1 unspecified atom stereocenters. The van der Waals surface area contributed by atoms with Crippen molar-refractivity contribution in [1.29, 1.82) is 0 Å². The highest BCUT2D eigenvalue weighted by atomic mass is 19.1. The molecule has 0 saturated carbocycles. The fourth-order valence-corrected chi connectivity index (χ4v) is 2.22. The molecule has 1 N–H and O–H groups in total. The second-order valence-corrected chi connectivity index (χ2v) is 4.38. The zero-order valence-electron chi connectivity index (χ0n) is 9.22. The summed E-state index contributed by atoms with van der Waals surface area (Å²) >= 11 is 0. The summed E-state index contributed by atoms with van der Waals surface area (Å²) < 4.78 is 13.6. The molecule has 15 heavy (non-hydrogen) atoms. The number of aryl methyl sites for hydroxylation is 1. The van der Waals surface area contributed by atoms with Crippen LogP contribution >= 0.6 is 0 Å². The molecule has 1 nitrogen and oxygen atoms in total. The summed E-state index contributed by atoms with van der Waals surface area (Å²) in [4.78, 5) is 0. The summed E-state index contributed by atoms with van der Waals surface area (Å²) in [5.74, 6) is -0.0694. The van der Waals surface area contributed by atoms with Crippen LogP contribution in [0.15, 0.2) is 18.2 Å². The Morgan fingerprint density at radius 3 is 3.00 bits per heavy atom. The van der Waals surface area contributed by atoms with Crippen molar-refractivity contribution in [2.24, 2.45) is 0 Å². The number of rotatable bonds is 1. The highest BCUT2D eigenvalue weighted by molar-refractivity contribution is 5.27. The van der Waals surface area contributed by atoms with E-state index in [0.717, 1.165) is 24.1 Å². The largest absolute Gasteiger partial charge is 0.310 e. The minimum atomic E-state index is -0.0694. The molecule has 1 atom stereocenters. The quantitative estimate of drug-likeness (QED) is 0.744. The van der Waals surface area contributed by atoms with Gasteiger partial charge in [0.2, 0.25) is 0 Å². The molecule has 0 bridgehead atoms. The second-order valence-electron chi connectivity index (χ2n) is 4.38. The molecule has 1 aromatic rings. The van der Waals surface area contributed by atoms with E-state index < -0.39 is 0 Å². The van der Waals surface area contributed by atoms with Crippen LogP contribution < -0.4 is 5.32 Å². The molecular formula is C13H18FN. The molecule has 0 aliphatic carbocycles. The molecule has 1 aliphatic heterocycles. The molecule has 2 rings (SSSR count). The topological polar surface area (TPSA) is 12.0 Å². The molecule has 2 heteroatoms. The SMILES string of the molecule is Cc1ccc(F)c(C2CCCCCN2)c1. The van der Waals surface area contributed by atoms with Gasteiger partial charge in [-0.15, -0.1) is 0 Å². The van der Waals surface area contributed by atoms with E-state index in [1.165, 1.54) is 19.3 Å². The Morgan fingerprint density at radius 1 is 1.27 bits per heavy atom. The summed E-state index contributed by atoms with van der Waals surface area (Å²) in [6.07, 6.45) is 4.73. The van der Waals surface area contributed by atoms with Crippen molar-refractivity contribution in [3.05, 3.63) is 35.1 Å². The maximum atomic E-state index is 13.6. The molecule has 0 amide bonds. The molecular weight excluding hydrogens is 189 g/mol. The van der Waals surface area contributed by atoms with Gasteiger partial charge in [0.05, 0.1) is 0 Å². The fraction of sp³-hybridized carbons (Fsp3) is 0.538. The summed E-state index contributed by atoms with van der Waals surface area (Å²) in [6.45, 7) is 3.03. The van der Waals surface area contributed by atoms with E-state index >= 15 is 0 Å². The predicted octanol–water partition coefficient (Wildman–Crippen LogP) is 3.34. The van der Waals surface area contributed by atoms with Crippen LogP contribution in [0.1, 0.15) is 42.9 Å². The molecule has 82 valence electrons. The Bertz CT molecular complexity index is 327. The first-order chi connectivity index (χ1) is 7.27. The van der Waals surface area contributed by atoms with Crippen LogP contribution in [0.5, 0.6) is 0 Å². The van der Waals surface area contributed by atoms with Gasteiger partial charge in [-0.3, -0.25) is 0 Å². The summed E-state index contributed by atoms with van der Waals surface area (Å²) in [5.41, 5.74) is 1.98. The average Bonchev–Trinajstić information content (AvgIpc) is 2.50. The zero-order chi connectivity index (χ0) is 10.7. The van der Waals surface area contributed by atoms with E-state index in [0.29, 0.717) is 0 Å². The van der Waals surface area contributed by atoms with Crippen LogP contribution in [-0.2, 0) is 0 Å². The minimum absolute atomic E-state index is 0.0694. The van der Waals surface area contributed by atoms with Crippen molar-refractivity contribution in [3.63, 3.8) is 0 Å². The summed E-state index contributed by atoms with van der Waals surface area (Å²) in [6, 6.07) is 5.60. The Kier molecular flexibility index (Phi) is 3.37. The van der Waals surface area contributed by atoms with E-state index in [2.05, 4.69) is 5.32 Å². The highest BCUT2D eigenvalue weighted by Gasteiger charge is 2.16. The van der Waals surface area contributed by atoms with Crippen molar-refractivity contribution in [1.82, 2.24) is 5.32 Å². The van der Waals surface area contributed by atoms with Crippen molar-refractivity contribution in [3.8, 4) is 0 Å². The van der Waals surface area contributed by atoms with Gasteiger partial charge in [0.1, 0.15) is 5.82 Å². The first-order valence-corrected chi connectivity index (χ1v) is 5.77. The number of benzene rings is 1. The number of halogens is 1. The van der Waals surface area contributed by atoms with E-state index in [4.69, 9.17) is 0 Å². The molecule has 1 saturated heterocycles. The van der Waals surface area contributed by atoms with Crippen LogP contribution in [0.3, 0.4) is 0 Å². The van der Waals surface area contributed by atoms with Gasteiger partial charge in [-0.05, 0) is 32.4 Å². The summed E-state index contributed by atoms with van der Waals surface area (Å²) in [5, 5.41) is 3.43. The first kappa shape index (κ1) is 10.6. The standard InChI is InChI=1S/C13H18FN/c1-10-6-7-12(14)11(9-10)13-5-3-2-4-8-15-13/h6-7,9,13,15H,2-5,8H2,1H3. The van der Waals surface area contributed by atoms with Gasteiger partial charge < -0.3 is 5.32 Å². The molecule has 1 heterocycles. The van der Waals surface area contributed by atoms with Crippen LogP contribution in [0.25, 0.3) is 0 Å². The molecule has 0 aromatic heterocycles. The van der Waals surface area contributed by atoms with E-state index in [1.54, 1.807) is 6.07 Å². The Balaban J connectivity index is 2.22. The van der Waals surface area contributed by atoms with Crippen molar-refractivity contribution in [2.45, 2.75) is 38.6 Å². The molecule has 1 aromatic carbocycles. The predicted molar refractivity (Wildman–Crippen MR) is 60.3 cm³/mol. The maximum Gasteiger partial charge on any atom is 0.127 e. The number of hydrogen-bond acceptors (Lipinski definition) is 1. The molecule has 0 spiro atoms. The van der Waals surface area contributed by atoms with Gasteiger partial charge in [0, 0.05) is 11.6 Å². The molecule has 0 radical (unpaired) electrons. The monoisotopic (exact) mass is 207 g/mol. The fourth-order valence-electron chi connectivity index (χ4n) is 2.22. The third-order valence-electron chi connectivity index (χ3n) is 3.09. The lowest BCUT2D eigenvalue weighted by atomic mass is 10.00. The molecule has 1 aliphatic rings. The van der Waals surface area contributed by atoms with E-state index in [9.17, 15) is 4.39 Å². The van der Waals surface area contributed by atoms with Crippen LogP contribution in [-0.4, -0.2) is 6.54 Å². The van der Waals surface area contributed by atoms with Crippen molar-refractivity contribution < 1.29 is 4.39 Å². The van der Waals surface area contributed by atoms with Crippen molar-refractivity contribution in [2.75, 3.05) is 6.54 Å². The number of hydrogen-bond donors (Lipinski definition) is 1. The van der Waals surface area contributed by atoms with Crippen LogP contribution in [0.4, 0.5) is 4.39 Å². The van der Waals surface area contributed by atoms with Gasteiger partial charge in [0.25, 0.3) is 0 Å². The second kappa shape index (κ2) is 4.75. The first-order valence-electron chi connectivity index (χ1n) is 5.77. The third-order valence-corrected chi connectivity index (χ3v) is 3.09. The van der Waals surface area contributed by atoms with Gasteiger partial charge >= 0.3 is 0 Å². The molecule has 1 fully saturated rings. The lowest BCUT2D eigenvalue weighted by Crippen LogP contribution is -2.21. The Morgan fingerprint density at radius 2 is 2.13 bits per heavy atom. The minimum Gasteiger partial charge on any atom is -0.310 e. The van der Waals surface area contributed by atoms with Crippen LogP contribution in [0.2, 0.25) is 0 Å². The Hall–Kier alpha value is -0.890. The maximum absolute atomic E-state index is 13.6. The van der Waals surface area contributed by atoms with Gasteiger partial charge in [-0.2, -0.15) is 0 Å². The average molecular weight is 207 g/mol. The Labute approximate surface area is 90.7 Å². The van der Waals surface area contributed by atoms with Gasteiger partial charge in [-0.1, -0.05) is 30.5 Å². The van der Waals surface area contributed by atoms with E-state index in [1.807, 2.05) is 19.1 Å². The van der Waals surface area contributed by atoms with Crippen molar-refractivity contribution >= 4 is 0 Å². The lowest BCUT2D eigenvalue weighted by molar-refractivity contribution is 0.498. The van der Waals surface area contributed by atoms with Gasteiger partial charge in [0.15, 0.2) is 0 Å². The third kappa shape index (κ3) is 2.57.